The minimum atomic E-state index is -0.496. The smallest absolute Gasteiger partial charge is 0.255 e. The molecule has 0 saturated carbocycles. The molecule has 0 atom stereocenters. The number of halogens is 1. The molecule has 0 bridgehead atoms. The van der Waals surface area contributed by atoms with Crippen LogP contribution in [0.2, 0.25) is 5.02 Å². The van der Waals surface area contributed by atoms with Crippen LogP contribution in [0, 0.1) is 0 Å². The van der Waals surface area contributed by atoms with E-state index in [1.807, 2.05) is 24.3 Å². The van der Waals surface area contributed by atoms with Gasteiger partial charge >= 0.3 is 0 Å². The van der Waals surface area contributed by atoms with Crippen LogP contribution in [0.3, 0.4) is 0 Å². The number of rotatable bonds is 4. The SMILES string of the molecule is NC(=O)c1cccc(-c2ccccc2NC(=O)c2ccc(Cl)cc2)c1. The summed E-state index contributed by atoms with van der Waals surface area (Å²) in [6.07, 6.45) is 0. The largest absolute Gasteiger partial charge is 0.366 e. The van der Waals surface area contributed by atoms with E-state index in [2.05, 4.69) is 5.32 Å². The van der Waals surface area contributed by atoms with E-state index >= 15 is 0 Å². The van der Waals surface area contributed by atoms with Crippen molar-refractivity contribution in [3.63, 3.8) is 0 Å². The van der Waals surface area contributed by atoms with Gasteiger partial charge in [-0.3, -0.25) is 9.59 Å². The van der Waals surface area contributed by atoms with Crippen LogP contribution in [-0.4, -0.2) is 11.8 Å². The summed E-state index contributed by atoms with van der Waals surface area (Å²) in [5.41, 5.74) is 8.50. The zero-order chi connectivity index (χ0) is 17.8. The maximum absolute atomic E-state index is 12.5. The second-order valence-electron chi connectivity index (χ2n) is 5.45. The highest BCUT2D eigenvalue weighted by Crippen LogP contribution is 2.29. The molecule has 3 N–H and O–H groups in total. The van der Waals surface area contributed by atoms with E-state index in [-0.39, 0.29) is 5.91 Å². The molecule has 4 nitrogen and oxygen atoms in total. The van der Waals surface area contributed by atoms with Crippen molar-refractivity contribution in [2.45, 2.75) is 0 Å². The molecule has 25 heavy (non-hydrogen) atoms. The Hall–Kier alpha value is -3.11. The highest BCUT2D eigenvalue weighted by molar-refractivity contribution is 6.30. The second-order valence-corrected chi connectivity index (χ2v) is 5.89. The predicted octanol–water partition coefficient (Wildman–Crippen LogP) is 4.36. The highest BCUT2D eigenvalue weighted by Gasteiger charge is 2.11. The summed E-state index contributed by atoms with van der Waals surface area (Å²) in [7, 11) is 0. The first-order valence-corrected chi connectivity index (χ1v) is 7.98. The lowest BCUT2D eigenvalue weighted by Gasteiger charge is -2.12. The topological polar surface area (TPSA) is 72.2 Å². The molecule has 3 aromatic carbocycles. The highest BCUT2D eigenvalue weighted by atomic mass is 35.5. The normalized spacial score (nSPS) is 10.3. The lowest BCUT2D eigenvalue weighted by molar-refractivity contribution is 0.0997. The number of carbonyl (C=O) groups excluding carboxylic acids is 2. The molecule has 0 aromatic heterocycles. The molecule has 124 valence electrons. The Morgan fingerprint density at radius 1 is 0.840 bits per heavy atom. The first kappa shape index (κ1) is 16.7. The van der Waals surface area contributed by atoms with Gasteiger partial charge in [-0.1, -0.05) is 41.9 Å². The lowest BCUT2D eigenvalue weighted by Crippen LogP contribution is -2.13. The molecule has 0 aliphatic carbocycles. The Bertz CT molecular complexity index is 936. The fourth-order valence-corrected chi connectivity index (χ4v) is 2.61. The van der Waals surface area contributed by atoms with E-state index in [1.54, 1.807) is 48.5 Å². The van der Waals surface area contributed by atoms with E-state index in [1.165, 1.54) is 0 Å². The van der Waals surface area contributed by atoms with Gasteiger partial charge in [0.1, 0.15) is 0 Å². The van der Waals surface area contributed by atoms with Crippen LogP contribution in [0.1, 0.15) is 20.7 Å². The second kappa shape index (κ2) is 7.20. The van der Waals surface area contributed by atoms with Crippen LogP contribution >= 0.6 is 11.6 Å². The zero-order valence-corrected chi connectivity index (χ0v) is 14.0. The van der Waals surface area contributed by atoms with Crippen LogP contribution in [0.25, 0.3) is 11.1 Å². The van der Waals surface area contributed by atoms with E-state index in [0.717, 1.165) is 11.1 Å². The van der Waals surface area contributed by atoms with Gasteiger partial charge in [0.25, 0.3) is 5.91 Å². The van der Waals surface area contributed by atoms with Gasteiger partial charge in [0, 0.05) is 27.4 Å². The average Bonchev–Trinajstić information content (AvgIpc) is 2.63. The first-order chi connectivity index (χ1) is 12.0. The average molecular weight is 351 g/mol. The van der Waals surface area contributed by atoms with Crippen LogP contribution < -0.4 is 11.1 Å². The summed E-state index contributed by atoms with van der Waals surface area (Å²) in [5, 5.41) is 3.46. The van der Waals surface area contributed by atoms with E-state index in [9.17, 15) is 9.59 Å². The molecule has 0 aliphatic heterocycles. The quantitative estimate of drug-likeness (QED) is 0.733. The molecular weight excluding hydrogens is 336 g/mol. The maximum Gasteiger partial charge on any atom is 0.255 e. The molecule has 3 rings (SSSR count). The summed E-state index contributed by atoms with van der Waals surface area (Å²) in [4.78, 5) is 23.9. The predicted molar refractivity (Wildman–Crippen MR) is 99.8 cm³/mol. The third-order valence-corrected chi connectivity index (χ3v) is 3.99. The van der Waals surface area contributed by atoms with Crippen LogP contribution in [-0.2, 0) is 0 Å². The Morgan fingerprint density at radius 3 is 2.28 bits per heavy atom. The first-order valence-electron chi connectivity index (χ1n) is 7.61. The lowest BCUT2D eigenvalue weighted by atomic mass is 10.0. The van der Waals surface area contributed by atoms with Gasteiger partial charge in [0.2, 0.25) is 5.91 Å². The van der Waals surface area contributed by atoms with E-state index in [0.29, 0.717) is 21.8 Å². The summed E-state index contributed by atoms with van der Waals surface area (Å²) in [5.74, 6) is -0.736. The molecular formula is C20H15ClN2O2. The fraction of sp³-hybridized carbons (Fsp3) is 0. The van der Waals surface area contributed by atoms with Gasteiger partial charge < -0.3 is 11.1 Å². The molecule has 5 heteroatoms. The van der Waals surface area contributed by atoms with Crippen molar-refractivity contribution < 1.29 is 9.59 Å². The number of benzene rings is 3. The number of para-hydroxylation sites is 1. The molecule has 0 aliphatic rings. The molecule has 3 aromatic rings. The number of anilines is 1. The van der Waals surface area contributed by atoms with Crippen molar-refractivity contribution in [3.05, 3.63) is 88.9 Å². The molecule has 0 heterocycles. The zero-order valence-electron chi connectivity index (χ0n) is 13.2. The Balaban J connectivity index is 1.93. The Morgan fingerprint density at radius 2 is 1.56 bits per heavy atom. The fourth-order valence-electron chi connectivity index (χ4n) is 2.48. The van der Waals surface area contributed by atoms with Crippen molar-refractivity contribution in [2.75, 3.05) is 5.32 Å². The van der Waals surface area contributed by atoms with Gasteiger partial charge in [0.05, 0.1) is 0 Å². The number of hydrogen-bond donors (Lipinski definition) is 2. The molecule has 0 radical (unpaired) electrons. The van der Waals surface area contributed by atoms with Crippen molar-refractivity contribution >= 4 is 29.1 Å². The third kappa shape index (κ3) is 3.87. The van der Waals surface area contributed by atoms with Gasteiger partial charge in [-0.2, -0.15) is 0 Å². The van der Waals surface area contributed by atoms with Gasteiger partial charge in [-0.15, -0.1) is 0 Å². The molecule has 0 saturated heterocycles. The Labute approximate surface area is 150 Å². The van der Waals surface area contributed by atoms with Crippen molar-refractivity contribution in [2.24, 2.45) is 5.73 Å². The molecule has 0 fully saturated rings. The molecule has 0 unspecified atom stereocenters. The third-order valence-electron chi connectivity index (χ3n) is 3.74. The number of hydrogen-bond acceptors (Lipinski definition) is 2. The summed E-state index contributed by atoms with van der Waals surface area (Å²) in [6.45, 7) is 0. The minimum absolute atomic E-state index is 0.241. The van der Waals surface area contributed by atoms with Gasteiger partial charge in [-0.05, 0) is 48.0 Å². The van der Waals surface area contributed by atoms with E-state index < -0.39 is 5.91 Å². The number of primary amides is 1. The Kier molecular flexibility index (Phi) is 4.82. The summed E-state index contributed by atoms with van der Waals surface area (Å²) in [6, 6.07) is 21.0. The summed E-state index contributed by atoms with van der Waals surface area (Å²) >= 11 is 5.85. The van der Waals surface area contributed by atoms with Crippen molar-refractivity contribution in [1.29, 1.82) is 0 Å². The van der Waals surface area contributed by atoms with Crippen molar-refractivity contribution in [3.8, 4) is 11.1 Å². The van der Waals surface area contributed by atoms with Gasteiger partial charge in [0.15, 0.2) is 0 Å². The van der Waals surface area contributed by atoms with E-state index in [4.69, 9.17) is 17.3 Å². The number of carbonyl (C=O) groups is 2. The van der Waals surface area contributed by atoms with Crippen LogP contribution in [0.5, 0.6) is 0 Å². The number of nitrogens with two attached hydrogens (primary N) is 1. The molecule has 2 amide bonds. The van der Waals surface area contributed by atoms with Crippen molar-refractivity contribution in [1.82, 2.24) is 0 Å². The standard InChI is InChI=1S/C20H15ClN2O2/c21-16-10-8-13(9-11-16)20(25)23-18-7-2-1-6-17(18)14-4-3-5-15(12-14)19(22)24/h1-12H,(H2,22,24)(H,23,25). The molecule has 0 spiro atoms. The monoisotopic (exact) mass is 350 g/mol. The summed E-state index contributed by atoms with van der Waals surface area (Å²) < 4.78 is 0. The minimum Gasteiger partial charge on any atom is -0.366 e. The van der Waals surface area contributed by atoms with Crippen LogP contribution in [0.4, 0.5) is 5.69 Å². The maximum atomic E-state index is 12.5. The number of amides is 2. The van der Waals surface area contributed by atoms with Gasteiger partial charge in [-0.25, -0.2) is 0 Å². The number of nitrogens with one attached hydrogen (secondary N) is 1. The van der Waals surface area contributed by atoms with Crippen LogP contribution in [0.15, 0.2) is 72.8 Å².